The van der Waals surface area contributed by atoms with Crippen molar-refractivity contribution in [2.75, 3.05) is 4.72 Å². The first kappa shape index (κ1) is 13.0. The topological polar surface area (TPSA) is 131 Å². The summed E-state index contributed by atoms with van der Waals surface area (Å²) in [6.07, 6.45) is 0. The molecule has 0 atom stereocenters. The molecule has 0 saturated heterocycles. The largest absolute Gasteiger partial charge is 0.289 e. The van der Waals surface area contributed by atoms with Crippen LogP contribution in [0.3, 0.4) is 0 Å². The van der Waals surface area contributed by atoms with Crippen LogP contribution in [0.2, 0.25) is 0 Å². The van der Waals surface area contributed by atoms with Crippen molar-refractivity contribution in [3.8, 4) is 0 Å². The summed E-state index contributed by atoms with van der Waals surface area (Å²) in [6.45, 7) is 1.59. The Balaban J connectivity index is 2.43. The van der Waals surface area contributed by atoms with Crippen LogP contribution in [0.25, 0.3) is 0 Å². The highest BCUT2D eigenvalue weighted by molar-refractivity contribution is 7.92. The minimum absolute atomic E-state index is 0.171. The summed E-state index contributed by atoms with van der Waals surface area (Å²) in [5, 5.41) is 16.9. The van der Waals surface area contributed by atoms with E-state index in [0.29, 0.717) is 5.82 Å². The third-order valence-electron chi connectivity index (χ3n) is 2.17. The van der Waals surface area contributed by atoms with E-state index < -0.39 is 25.5 Å². The van der Waals surface area contributed by atoms with E-state index in [-0.39, 0.29) is 5.95 Å². The predicted molar refractivity (Wildman–Crippen MR) is 65.0 cm³/mol. The maximum atomic E-state index is 12.0. The highest BCUT2D eigenvalue weighted by Gasteiger charge is 2.26. The van der Waals surface area contributed by atoms with Gasteiger partial charge in [0.05, 0.1) is 4.92 Å². The molecule has 10 heteroatoms. The summed E-state index contributed by atoms with van der Waals surface area (Å²) >= 11 is 0. The molecule has 2 N–H and O–H groups in total. The van der Waals surface area contributed by atoms with Gasteiger partial charge in [0.2, 0.25) is 0 Å². The van der Waals surface area contributed by atoms with Gasteiger partial charge in [0.1, 0.15) is 5.82 Å². The number of para-hydroxylation sites is 1. The molecular formula is C9H9N5O4S. The quantitative estimate of drug-likeness (QED) is 0.630. The van der Waals surface area contributed by atoms with E-state index in [1.54, 1.807) is 6.92 Å². The van der Waals surface area contributed by atoms with Crippen molar-refractivity contribution < 1.29 is 13.3 Å². The highest BCUT2D eigenvalue weighted by Crippen LogP contribution is 2.24. The fourth-order valence-electron chi connectivity index (χ4n) is 1.40. The number of anilines is 1. The number of nitrogens with one attached hydrogen (secondary N) is 2. The lowest BCUT2D eigenvalue weighted by atomic mass is 10.3. The third-order valence-corrected chi connectivity index (χ3v) is 3.55. The molecule has 0 amide bonds. The number of benzene rings is 1. The number of hydrogen-bond donors (Lipinski definition) is 2. The van der Waals surface area contributed by atoms with Gasteiger partial charge >= 0.3 is 0 Å². The molecule has 9 nitrogen and oxygen atoms in total. The summed E-state index contributed by atoms with van der Waals surface area (Å²) in [7, 11) is -4.11. The molecule has 1 aromatic heterocycles. The second-order valence-electron chi connectivity index (χ2n) is 3.57. The Kier molecular flexibility index (Phi) is 3.17. The molecule has 100 valence electrons. The lowest BCUT2D eigenvalue weighted by Gasteiger charge is -2.04. The second kappa shape index (κ2) is 4.65. The standard InChI is InChI=1S/C9H9N5O4S/c1-6-10-9(12-11-6)13-19(17,18)8-5-3-2-4-7(8)14(15)16/h2-5H,1H3,(H2,10,11,12,13). The average molecular weight is 283 g/mol. The Labute approximate surface area is 107 Å². The molecule has 0 saturated carbocycles. The van der Waals surface area contributed by atoms with E-state index in [2.05, 4.69) is 19.9 Å². The Hall–Kier alpha value is -2.49. The molecular weight excluding hydrogens is 274 g/mol. The Morgan fingerprint density at radius 1 is 1.37 bits per heavy atom. The van der Waals surface area contributed by atoms with Crippen LogP contribution in [0, 0.1) is 17.0 Å². The SMILES string of the molecule is Cc1nc(NS(=O)(=O)c2ccccc2[N+](=O)[O-])n[nH]1. The predicted octanol–water partition coefficient (Wildman–Crippen LogP) is 0.822. The molecule has 0 spiro atoms. The number of rotatable bonds is 4. The molecule has 0 radical (unpaired) electrons. The van der Waals surface area contributed by atoms with E-state index in [1.165, 1.54) is 12.1 Å². The zero-order valence-corrected chi connectivity index (χ0v) is 10.5. The minimum Gasteiger partial charge on any atom is -0.261 e. The van der Waals surface area contributed by atoms with Crippen molar-refractivity contribution in [1.29, 1.82) is 0 Å². The Bertz CT molecular complexity index is 724. The van der Waals surface area contributed by atoms with Crippen LogP contribution in [0.4, 0.5) is 11.6 Å². The van der Waals surface area contributed by atoms with Gasteiger partial charge in [-0.25, -0.2) is 13.1 Å². The smallest absolute Gasteiger partial charge is 0.261 e. The normalized spacial score (nSPS) is 11.2. The first-order valence-electron chi connectivity index (χ1n) is 5.05. The van der Waals surface area contributed by atoms with Crippen LogP contribution in [-0.4, -0.2) is 28.5 Å². The minimum atomic E-state index is -4.11. The van der Waals surface area contributed by atoms with E-state index in [1.807, 2.05) is 0 Å². The highest BCUT2D eigenvalue weighted by atomic mass is 32.2. The molecule has 0 bridgehead atoms. The fourth-order valence-corrected chi connectivity index (χ4v) is 2.52. The number of hydrogen-bond acceptors (Lipinski definition) is 6. The van der Waals surface area contributed by atoms with Gasteiger partial charge in [-0.3, -0.25) is 15.2 Å². The van der Waals surface area contributed by atoms with Crippen LogP contribution in [0.1, 0.15) is 5.82 Å². The van der Waals surface area contributed by atoms with Crippen molar-refractivity contribution in [3.05, 3.63) is 40.2 Å². The summed E-state index contributed by atoms with van der Waals surface area (Å²) in [4.78, 5) is 13.4. The fraction of sp³-hybridized carbons (Fsp3) is 0.111. The van der Waals surface area contributed by atoms with Gasteiger partial charge in [-0.05, 0) is 13.0 Å². The van der Waals surface area contributed by atoms with E-state index in [0.717, 1.165) is 12.1 Å². The van der Waals surface area contributed by atoms with Crippen molar-refractivity contribution in [2.24, 2.45) is 0 Å². The molecule has 1 heterocycles. The summed E-state index contributed by atoms with van der Waals surface area (Å²) in [6, 6.07) is 5.02. The lowest BCUT2D eigenvalue weighted by molar-refractivity contribution is -0.387. The number of nitro groups is 1. The number of aromatic amines is 1. The van der Waals surface area contributed by atoms with Crippen molar-refractivity contribution >= 4 is 21.7 Å². The van der Waals surface area contributed by atoms with Crippen LogP contribution in [-0.2, 0) is 10.0 Å². The zero-order valence-electron chi connectivity index (χ0n) is 9.69. The van der Waals surface area contributed by atoms with Crippen LogP contribution in [0.5, 0.6) is 0 Å². The lowest BCUT2D eigenvalue weighted by Crippen LogP contribution is -2.15. The number of aromatic nitrogens is 3. The Morgan fingerprint density at radius 2 is 2.05 bits per heavy atom. The van der Waals surface area contributed by atoms with Gasteiger partial charge in [0.25, 0.3) is 21.7 Å². The van der Waals surface area contributed by atoms with E-state index >= 15 is 0 Å². The monoisotopic (exact) mass is 283 g/mol. The van der Waals surface area contributed by atoms with Crippen LogP contribution < -0.4 is 4.72 Å². The molecule has 1 aromatic carbocycles. The summed E-state index contributed by atoms with van der Waals surface area (Å²) in [5.74, 6) is 0.246. The van der Waals surface area contributed by atoms with E-state index in [4.69, 9.17) is 0 Å². The summed E-state index contributed by atoms with van der Waals surface area (Å²) < 4.78 is 26.1. The van der Waals surface area contributed by atoms with Gasteiger partial charge in [0, 0.05) is 6.07 Å². The molecule has 0 aliphatic carbocycles. The number of aryl methyl sites for hydroxylation is 1. The number of H-pyrrole nitrogens is 1. The maximum Gasteiger partial charge on any atom is 0.289 e. The van der Waals surface area contributed by atoms with Crippen molar-refractivity contribution in [2.45, 2.75) is 11.8 Å². The van der Waals surface area contributed by atoms with Gasteiger partial charge in [0.15, 0.2) is 4.90 Å². The summed E-state index contributed by atoms with van der Waals surface area (Å²) in [5.41, 5.74) is -0.512. The van der Waals surface area contributed by atoms with E-state index in [9.17, 15) is 18.5 Å². The van der Waals surface area contributed by atoms with Gasteiger partial charge < -0.3 is 0 Å². The Morgan fingerprint density at radius 3 is 2.63 bits per heavy atom. The molecule has 2 aromatic rings. The molecule has 0 fully saturated rings. The second-order valence-corrected chi connectivity index (χ2v) is 5.23. The van der Waals surface area contributed by atoms with Crippen molar-refractivity contribution in [3.63, 3.8) is 0 Å². The first-order valence-corrected chi connectivity index (χ1v) is 6.54. The average Bonchev–Trinajstić information content (AvgIpc) is 2.74. The molecule has 19 heavy (non-hydrogen) atoms. The number of nitro benzene ring substituents is 1. The van der Waals surface area contributed by atoms with Crippen molar-refractivity contribution in [1.82, 2.24) is 15.2 Å². The molecule has 0 aliphatic rings. The molecule has 2 rings (SSSR count). The van der Waals surface area contributed by atoms with Gasteiger partial charge in [-0.1, -0.05) is 12.1 Å². The molecule has 0 aliphatic heterocycles. The van der Waals surface area contributed by atoms with Crippen LogP contribution in [0.15, 0.2) is 29.2 Å². The van der Waals surface area contributed by atoms with Gasteiger partial charge in [-0.2, -0.15) is 4.98 Å². The molecule has 0 unspecified atom stereocenters. The zero-order chi connectivity index (χ0) is 14.0. The van der Waals surface area contributed by atoms with Gasteiger partial charge in [-0.15, -0.1) is 5.10 Å². The maximum absolute atomic E-state index is 12.0. The number of sulfonamides is 1. The third kappa shape index (κ3) is 2.68. The number of nitrogens with zero attached hydrogens (tertiary/aromatic N) is 3. The van der Waals surface area contributed by atoms with Crippen LogP contribution >= 0.6 is 0 Å². The first-order chi connectivity index (χ1) is 8.90.